The average molecular weight is 152 g/mol. The smallest absolute Gasteiger partial charge is 0.0499 e. The maximum Gasteiger partial charge on any atom is 0.0499 e. The van der Waals surface area contributed by atoms with Crippen LogP contribution in [0.2, 0.25) is 0 Å². The summed E-state index contributed by atoms with van der Waals surface area (Å²) in [5.41, 5.74) is 6.27. The fraction of sp³-hybridized carbons (Fsp3) is 0.333. The lowest BCUT2D eigenvalue weighted by Gasteiger charge is -2.09. The van der Waals surface area contributed by atoms with Gasteiger partial charge in [0.05, 0.1) is 0 Å². The molecule has 0 unspecified atom stereocenters. The average Bonchev–Trinajstić information content (AvgIpc) is 1.97. The van der Waals surface area contributed by atoms with E-state index in [4.69, 9.17) is 5.73 Å². The molecule has 0 saturated carbocycles. The van der Waals surface area contributed by atoms with E-state index in [1.54, 1.807) is 12.3 Å². The van der Waals surface area contributed by atoms with Crippen LogP contribution < -0.4 is 11.1 Å². The molecule has 0 aliphatic rings. The summed E-state index contributed by atoms with van der Waals surface area (Å²) >= 11 is 0. The van der Waals surface area contributed by atoms with Crippen molar-refractivity contribution in [3.8, 4) is 0 Å². The third-order valence-electron chi connectivity index (χ3n) is 1.05. The van der Waals surface area contributed by atoms with Gasteiger partial charge in [-0.3, -0.25) is 0 Å². The second kappa shape index (κ2) is 5.59. The molecule has 0 radical (unpaired) electrons. The number of hydrogen-bond donors (Lipinski definition) is 2. The highest BCUT2D eigenvalue weighted by atomic mass is 14.9. The number of hydrogen-bond acceptors (Lipinski definition) is 2. The molecule has 2 heteroatoms. The molecule has 0 spiro atoms. The summed E-state index contributed by atoms with van der Waals surface area (Å²) in [5.74, 6) is 0. The summed E-state index contributed by atoms with van der Waals surface area (Å²) in [6.07, 6.45) is 6.98. The van der Waals surface area contributed by atoms with Crippen molar-refractivity contribution < 1.29 is 0 Å². The van der Waals surface area contributed by atoms with Gasteiger partial charge in [-0.2, -0.15) is 0 Å². The van der Waals surface area contributed by atoms with E-state index in [0.717, 1.165) is 5.70 Å². The Balaban J connectivity index is 3.98. The molecule has 2 nitrogen and oxygen atoms in total. The Bertz CT molecular complexity index is 166. The summed E-state index contributed by atoms with van der Waals surface area (Å²) in [6, 6.07) is 0.402. The lowest BCUT2D eigenvalue weighted by atomic mass is 10.3. The number of rotatable bonds is 4. The predicted molar refractivity (Wildman–Crippen MR) is 49.9 cm³/mol. The van der Waals surface area contributed by atoms with E-state index in [9.17, 15) is 0 Å². The van der Waals surface area contributed by atoms with Crippen molar-refractivity contribution in [3.05, 3.63) is 36.7 Å². The summed E-state index contributed by atoms with van der Waals surface area (Å²) < 4.78 is 0. The van der Waals surface area contributed by atoms with Crippen molar-refractivity contribution in [1.82, 2.24) is 5.32 Å². The molecule has 3 N–H and O–H groups in total. The third-order valence-corrected chi connectivity index (χ3v) is 1.05. The van der Waals surface area contributed by atoms with Crippen LogP contribution in [0.25, 0.3) is 0 Å². The Morgan fingerprint density at radius 3 is 2.55 bits per heavy atom. The zero-order valence-corrected chi connectivity index (χ0v) is 7.17. The Morgan fingerprint density at radius 1 is 1.55 bits per heavy atom. The van der Waals surface area contributed by atoms with Gasteiger partial charge in [0, 0.05) is 17.9 Å². The van der Waals surface area contributed by atoms with Gasteiger partial charge >= 0.3 is 0 Å². The van der Waals surface area contributed by atoms with E-state index in [2.05, 4.69) is 25.7 Å². The van der Waals surface area contributed by atoms with Crippen LogP contribution in [-0.4, -0.2) is 6.04 Å². The molecule has 0 atom stereocenters. The first kappa shape index (κ1) is 9.82. The first-order chi connectivity index (χ1) is 5.20. The topological polar surface area (TPSA) is 38.0 Å². The number of nitrogens with one attached hydrogen (secondary N) is 1. The standard InChI is InChI=1S/C9H16N2/c1-4-5-6-9(7-10)11-8(2)3/h4-8,11H,1,10H2,2-3H3/b6-5-,9-7-. The molecule has 0 aliphatic carbocycles. The van der Waals surface area contributed by atoms with Crippen LogP contribution >= 0.6 is 0 Å². The summed E-state index contributed by atoms with van der Waals surface area (Å²) in [5, 5.41) is 3.17. The number of allylic oxidation sites excluding steroid dienone is 3. The van der Waals surface area contributed by atoms with Crippen LogP contribution in [0.5, 0.6) is 0 Å². The highest BCUT2D eigenvalue weighted by Gasteiger charge is 1.91. The summed E-state index contributed by atoms with van der Waals surface area (Å²) in [7, 11) is 0. The minimum absolute atomic E-state index is 0.402. The van der Waals surface area contributed by atoms with Gasteiger partial charge in [-0.1, -0.05) is 18.7 Å². The molecular formula is C9H16N2. The van der Waals surface area contributed by atoms with E-state index in [1.165, 1.54) is 0 Å². The lowest BCUT2D eigenvalue weighted by molar-refractivity contribution is 0.680. The molecule has 0 rings (SSSR count). The van der Waals surface area contributed by atoms with Crippen molar-refractivity contribution in [2.45, 2.75) is 19.9 Å². The highest BCUT2D eigenvalue weighted by Crippen LogP contribution is 1.92. The van der Waals surface area contributed by atoms with Crippen LogP contribution in [0.4, 0.5) is 0 Å². The minimum Gasteiger partial charge on any atom is -0.403 e. The Hall–Kier alpha value is -1.18. The maximum absolute atomic E-state index is 5.35. The molecule has 0 aliphatic heterocycles. The van der Waals surface area contributed by atoms with E-state index >= 15 is 0 Å². The van der Waals surface area contributed by atoms with Crippen molar-refractivity contribution in [3.63, 3.8) is 0 Å². The fourth-order valence-corrected chi connectivity index (χ4v) is 0.657. The fourth-order valence-electron chi connectivity index (χ4n) is 0.657. The molecule has 0 bridgehead atoms. The Morgan fingerprint density at radius 2 is 2.18 bits per heavy atom. The monoisotopic (exact) mass is 152 g/mol. The van der Waals surface area contributed by atoms with Crippen molar-refractivity contribution >= 4 is 0 Å². The van der Waals surface area contributed by atoms with E-state index in [0.29, 0.717) is 6.04 Å². The zero-order valence-electron chi connectivity index (χ0n) is 7.17. The molecule has 0 amide bonds. The summed E-state index contributed by atoms with van der Waals surface area (Å²) in [6.45, 7) is 7.68. The largest absolute Gasteiger partial charge is 0.403 e. The molecule has 0 aromatic heterocycles. The highest BCUT2D eigenvalue weighted by molar-refractivity contribution is 5.19. The quantitative estimate of drug-likeness (QED) is 0.599. The van der Waals surface area contributed by atoms with E-state index < -0.39 is 0 Å². The van der Waals surface area contributed by atoms with Crippen LogP contribution in [-0.2, 0) is 0 Å². The van der Waals surface area contributed by atoms with Crippen LogP contribution in [0, 0.1) is 0 Å². The molecule has 0 aromatic rings. The second-order valence-electron chi connectivity index (χ2n) is 2.52. The van der Waals surface area contributed by atoms with Gasteiger partial charge in [0.15, 0.2) is 0 Å². The van der Waals surface area contributed by atoms with Gasteiger partial charge in [-0.25, -0.2) is 0 Å². The minimum atomic E-state index is 0.402. The molecule has 0 saturated heterocycles. The first-order valence-corrected chi connectivity index (χ1v) is 3.68. The number of nitrogens with two attached hydrogens (primary N) is 1. The Labute approximate surface area is 68.5 Å². The normalized spacial score (nSPS) is 12.5. The van der Waals surface area contributed by atoms with Gasteiger partial charge in [0.1, 0.15) is 0 Å². The predicted octanol–water partition coefficient (Wildman–Crippen LogP) is 1.53. The van der Waals surface area contributed by atoms with Gasteiger partial charge < -0.3 is 11.1 Å². The van der Waals surface area contributed by atoms with Gasteiger partial charge in [0.25, 0.3) is 0 Å². The maximum atomic E-state index is 5.35. The molecule has 0 aromatic carbocycles. The molecule has 11 heavy (non-hydrogen) atoms. The van der Waals surface area contributed by atoms with Gasteiger partial charge in [0.2, 0.25) is 0 Å². The Kier molecular flexibility index (Phi) is 4.99. The van der Waals surface area contributed by atoms with Crippen molar-refractivity contribution in [1.29, 1.82) is 0 Å². The van der Waals surface area contributed by atoms with Gasteiger partial charge in [-0.15, -0.1) is 0 Å². The zero-order chi connectivity index (χ0) is 8.69. The molecular weight excluding hydrogens is 136 g/mol. The van der Waals surface area contributed by atoms with Crippen LogP contribution in [0.3, 0.4) is 0 Å². The third kappa shape index (κ3) is 5.27. The van der Waals surface area contributed by atoms with Crippen LogP contribution in [0.15, 0.2) is 36.7 Å². The van der Waals surface area contributed by atoms with Crippen molar-refractivity contribution in [2.24, 2.45) is 5.73 Å². The molecule has 62 valence electrons. The molecule has 0 heterocycles. The van der Waals surface area contributed by atoms with E-state index in [1.807, 2.05) is 12.2 Å². The first-order valence-electron chi connectivity index (χ1n) is 3.68. The second-order valence-corrected chi connectivity index (χ2v) is 2.52. The molecule has 0 fully saturated rings. The SMILES string of the molecule is C=C/C=C\C(=C\N)NC(C)C. The van der Waals surface area contributed by atoms with Crippen molar-refractivity contribution in [2.75, 3.05) is 0 Å². The summed E-state index contributed by atoms with van der Waals surface area (Å²) in [4.78, 5) is 0. The van der Waals surface area contributed by atoms with E-state index in [-0.39, 0.29) is 0 Å². The lowest BCUT2D eigenvalue weighted by Crippen LogP contribution is -2.21. The van der Waals surface area contributed by atoms with Crippen LogP contribution in [0.1, 0.15) is 13.8 Å². The van der Waals surface area contributed by atoms with Gasteiger partial charge in [-0.05, 0) is 19.9 Å².